The fourth-order valence-electron chi connectivity index (χ4n) is 2.66. The van der Waals surface area contributed by atoms with Crippen LogP contribution in [-0.4, -0.2) is 49.6 Å². The van der Waals surface area contributed by atoms with Gasteiger partial charge in [-0.25, -0.2) is 0 Å². The van der Waals surface area contributed by atoms with E-state index in [1.54, 1.807) is 0 Å². The fraction of sp³-hybridized carbons (Fsp3) is 0.929. The molecule has 4 nitrogen and oxygen atoms in total. The molecule has 1 atom stereocenters. The normalized spacial score (nSPS) is 25.1. The van der Waals surface area contributed by atoms with Gasteiger partial charge in [-0.15, -0.1) is 0 Å². The highest BCUT2D eigenvalue weighted by atomic mass is 16.1. The first-order valence-corrected chi connectivity index (χ1v) is 7.50. The van der Waals surface area contributed by atoms with E-state index in [-0.39, 0.29) is 5.91 Å². The maximum atomic E-state index is 11.6. The van der Waals surface area contributed by atoms with E-state index in [9.17, 15) is 4.79 Å². The molecule has 1 amide bonds. The largest absolute Gasteiger partial charge is 0.353 e. The van der Waals surface area contributed by atoms with Gasteiger partial charge in [-0.2, -0.15) is 0 Å². The third-order valence-corrected chi connectivity index (χ3v) is 3.88. The van der Waals surface area contributed by atoms with E-state index < -0.39 is 0 Å². The SMILES string of the molecule is CCNCC1CCCN(CCC(=O)NC2CC2)C1. The average molecular weight is 253 g/mol. The van der Waals surface area contributed by atoms with Gasteiger partial charge in [0.1, 0.15) is 0 Å². The van der Waals surface area contributed by atoms with Crippen molar-refractivity contribution in [2.45, 2.75) is 45.1 Å². The van der Waals surface area contributed by atoms with Crippen molar-refractivity contribution in [3.63, 3.8) is 0 Å². The molecular weight excluding hydrogens is 226 g/mol. The predicted octanol–water partition coefficient (Wildman–Crippen LogP) is 0.977. The second kappa shape index (κ2) is 7.10. The highest BCUT2D eigenvalue weighted by Gasteiger charge is 2.24. The zero-order chi connectivity index (χ0) is 12.8. The molecule has 0 aromatic carbocycles. The van der Waals surface area contributed by atoms with Gasteiger partial charge in [0.15, 0.2) is 0 Å². The average Bonchev–Trinajstić information content (AvgIpc) is 3.18. The quantitative estimate of drug-likeness (QED) is 0.711. The highest BCUT2D eigenvalue weighted by Crippen LogP contribution is 2.19. The Morgan fingerprint density at radius 1 is 1.33 bits per heavy atom. The van der Waals surface area contributed by atoms with Crippen LogP contribution in [0, 0.1) is 5.92 Å². The summed E-state index contributed by atoms with van der Waals surface area (Å²) in [6, 6.07) is 0.500. The highest BCUT2D eigenvalue weighted by molar-refractivity contribution is 5.76. The summed E-state index contributed by atoms with van der Waals surface area (Å²) in [5.41, 5.74) is 0. The number of hydrogen-bond donors (Lipinski definition) is 2. The number of nitrogens with one attached hydrogen (secondary N) is 2. The maximum Gasteiger partial charge on any atom is 0.221 e. The molecule has 2 aliphatic rings. The van der Waals surface area contributed by atoms with Crippen LogP contribution in [0.5, 0.6) is 0 Å². The second-order valence-corrected chi connectivity index (χ2v) is 5.71. The Morgan fingerprint density at radius 2 is 2.17 bits per heavy atom. The van der Waals surface area contributed by atoms with Crippen molar-refractivity contribution in [3.05, 3.63) is 0 Å². The van der Waals surface area contributed by atoms with Crippen molar-refractivity contribution in [1.82, 2.24) is 15.5 Å². The Morgan fingerprint density at radius 3 is 2.89 bits per heavy atom. The number of rotatable bonds is 7. The van der Waals surface area contributed by atoms with E-state index >= 15 is 0 Å². The lowest BCUT2D eigenvalue weighted by Gasteiger charge is -2.32. The summed E-state index contributed by atoms with van der Waals surface area (Å²) in [4.78, 5) is 14.1. The van der Waals surface area contributed by atoms with E-state index in [1.165, 1.54) is 32.2 Å². The molecular formula is C14H27N3O. The number of likely N-dealkylation sites (tertiary alicyclic amines) is 1. The molecule has 18 heavy (non-hydrogen) atoms. The molecule has 0 aromatic heterocycles. The molecule has 1 aliphatic heterocycles. The van der Waals surface area contributed by atoms with Gasteiger partial charge in [0.25, 0.3) is 0 Å². The summed E-state index contributed by atoms with van der Waals surface area (Å²) < 4.78 is 0. The van der Waals surface area contributed by atoms with E-state index in [0.717, 1.165) is 32.1 Å². The molecule has 0 bridgehead atoms. The molecule has 1 unspecified atom stereocenters. The van der Waals surface area contributed by atoms with Crippen LogP contribution in [-0.2, 0) is 4.79 Å². The lowest BCUT2D eigenvalue weighted by atomic mass is 9.98. The minimum Gasteiger partial charge on any atom is -0.353 e. The van der Waals surface area contributed by atoms with Gasteiger partial charge in [-0.3, -0.25) is 4.79 Å². The topological polar surface area (TPSA) is 44.4 Å². The zero-order valence-electron chi connectivity index (χ0n) is 11.6. The van der Waals surface area contributed by atoms with Gasteiger partial charge in [0.05, 0.1) is 0 Å². The molecule has 0 radical (unpaired) electrons. The molecule has 1 aliphatic carbocycles. The van der Waals surface area contributed by atoms with Gasteiger partial charge < -0.3 is 15.5 Å². The van der Waals surface area contributed by atoms with Gasteiger partial charge in [0.2, 0.25) is 5.91 Å². The van der Waals surface area contributed by atoms with Crippen molar-refractivity contribution in [3.8, 4) is 0 Å². The third kappa shape index (κ3) is 4.94. The number of nitrogens with zero attached hydrogens (tertiary/aromatic N) is 1. The van der Waals surface area contributed by atoms with E-state index in [0.29, 0.717) is 12.5 Å². The second-order valence-electron chi connectivity index (χ2n) is 5.71. The van der Waals surface area contributed by atoms with Gasteiger partial charge in [-0.1, -0.05) is 6.92 Å². The lowest BCUT2D eigenvalue weighted by Crippen LogP contribution is -2.41. The monoisotopic (exact) mass is 253 g/mol. The minimum absolute atomic E-state index is 0.242. The Bertz CT molecular complexity index is 266. The van der Waals surface area contributed by atoms with Crippen LogP contribution in [0.3, 0.4) is 0 Å². The van der Waals surface area contributed by atoms with Crippen LogP contribution < -0.4 is 10.6 Å². The van der Waals surface area contributed by atoms with Gasteiger partial charge >= 0.3 is 0 Å². The van der Waals surface area contributed by atoms with Gasteiger partial charge in [0, 0.05) is 25.6 Å². The molecule has 2 fully saturated rings. The predicted molar refractivity (Wildman–Crippen MR) is 73.5 cm³/mol. The summed E-state index contributed by atoms with van der Waals surface area (Å²) in [5.74, 6) is 1.01. The van der Waals surface area contributed by atoms with E-state index in [1.807, 2.05) is 0 Å². The Kier molecular flexibility index (Phi) is 5.45. The van der Waals surface area contributed by atoms with Crippen molar-refractivity contribution in [1.29, 1.82) is 0 Å². The first-order valence-electron chi connectivity index (χ1n) is 7.50. The molecule has 0 spiro atoms. The third-order valence-electron chi connectivity index (χ3n) is 3.88. The summed E-state index contributed by atoms with van der Waals surface area (Å²) in [7, 11) is 0. The summed E-state index contributed by atoms with van der Waals surface area (Å²) in [6.07, 6.45) is 5.64. The van der Waals surface area contributed by atoms with Crippen LogP contribution in [0.25, 0.3) is 0 Å². The molecule has 104 valence electrons. The number of carbonyl (C=O) groups is 1. The first-order chi connectivity index (χ1) is 8.78. The molecule has 1 saturated carbocycles. The van der Waals surface area contributed by atoms with Crippen molar-refractivity contribution < 1.29 is 4.79 Å². The van der Waals surface area contributed by atoms with Crippen molar-refractivity contribution >= 4 is 5.91 Å². The number of piperidine rings is 1. The Hall–Kier alpha value is -0.610. The minimum atomic E-state index is 0.242. The van der Waals surface area contributed by atoms with E-state index in [4.69, 9.17) is 0 Å². The van der Waals surface area contributed by atoms with Crippen LogP contribution in [0.2, 0.25) is 0 Å². The number of amides is 1. The Labute approximate surface area is 110 Å². The molecule has 1 saturated heterocycles. The molecule has 1 heterocycles. The zero-order valence-corrected chi connectivity index (χ0v) is 11.6. The van der Waals surface area contributed by atoms with Crippen LogP contribution in [0.4, 0.5) is 0 Å². The van der Waals surface area contributed by atoms with Gasteiger partial charge in [-0.05, 0) is 51.2 Å². The van der Waals surface area contributed by atoms with Crippen LogP contribution in [0.15, 0.2) is 0 Å². The lowest BCUT2D eigenvalue weighted by molar-refractivity contribution is -0.121. The standard InChI is InChI=1S/C14H27N3O/c1-2-15-10-12-4-3-8-17(11-12)9-7-14(18)16-13-5-6-13/h12-13,15H,2-11H2,1H3,(H,16,18). The summed E-state index contributed by atoms with van der Waals surface area (Å²) >= 11 is 0. The number of carbonyl (C=O) groups excluding carboxylic acids is 1. The fourth-order valence-corrected chi connectivity index (χ4v) is 2.66. The molecule has 4 heteroatoms. The van der Waals surface area contributed by atoms with Crippen molar-refractivity contribution in [2.75, 3.05) is 32.7 Å². The molecule has 2 N–H and O–H groups in total. The Balaban J connectivity index is 1.60. The maximum absolute atomic E-state index is 11.6. The first kappa shape index (κ1) is 13.8. The van der Waals surface area contributed by atoms with Crippen LogP contribution in [0.1, 0.15) is 39.0 Å². The summed E-state index contributed by atoms with van der Waals surface area (Å²) in [6.45, 7) is 7.59. The molecule has 0 aromatic rings. The smallest absolute Gasteiger partial charge is 0.221 e. The van der Waals surface area contributed by atoms with E-state index in [2.05, 4.69) is 22.5 Å². The van der Waals surface area contributed by atoms with Crippen molar-refractivity contribution in [2.24, 2.45) is 5.92 Å². The number of hydrogen-bond acceptors (Lipinski definition) is 3. The van der Waals surface area contributed by atoms with Crippen LogP contribution >= 0.6 is 0 Å². The summed E-state index contributed by atoms with van der Waals surface area (Å²) in [5, 5.41) is 6.49. The molecule has 2 rings (SSSR count).